The Bertz CT molecular complexity index is 1140. The number of benzene rings is 2. The molecule has 3 rings (SSSR count). The van der Waals surface area contributed by atoms with E-state index in [0.717, 1.165) is 22.6 Å². The SMILES string of the molecule is COC(=O)CCNC(=O)c1ccc(C(Oc2ccc(-c3ccc(C(F)(F)F)cc3)cc2)C(C)C)s1. The summed E-state index contributed by atoms with van der Waals surface area (Å²) >= 11 is 1.32. The van der Waals surface area contributed by atoms with E-state index >= 15 is 0 Å². The topological polar surface area (TPSA) is 64.6 Å². The Labute approximate surface area is 205 Å². The summed E-state index contributed by atoms with van der Waals surface area (Å²) in [6, 6.07) is 15.7. The summed E-state index contributed by atoms with van der Waals surface area (Å²) in [6.07, 6.45) is -4.57. The van der Waals surface area contributed by atoms with Crippen molar-refractivity contribution in [3.05, 3.63) is 76.0 Å². The van der Waals surface area contributed by atoms with Crippen molar-refractivity contribution in [1.29, 1.82) is 0 Å². The van der Waals surface area contributed by atoms with Crippen LogP contribution in [0.1, 0.15) is 46.5 Å². The fraction of sp³-hybridized carbons (Fsp3) is 0.308. The smallest absolute Gasteiger partial charge is 0.416 e. The molecule has 186 valence electrons. The highest BCUT2D eigenvalue weighted by molar-refractivity contribution is 7.14. The molecular weight excluding hydrogens is 479 g/mol. The van der Waals surface area contributed by atoms with E-state index < -0.39 is 17.7 Å². The predicted octanol–water partition coefficient (Wildman–Crippen LogP) is 6.50. The van der Waals surface area contributed by atoms with Crippen LogP contribution in [-0.2, 0) is 15.7 Å². The summed E-state index contributed by atoms with van der Waals surface area (Å²) < 4.78 is 49.1. The first-order valence-corrected chi connectivity index (χ1v) is 11.8. The number of hydrogen-bond donors (Lipinski definition) is 1. The number of alkyl halides is 3. The minimum atomic E-state index is -4.37. The number of esters is 1. The zero-order valence-corrected chi connectivity index (χ0v) is 20.3. The van der Waals surface area contributed by atoms with Gasteiger partial charge in [0.05, 0.1) is 24.0 Å². The molecule has 0 spiro atoms. The van der Waals surface area contributed by atoms with Gasteiger partial charge in [-0.3, -0.25) is 9.59 Å². The van der Waals surface area contributed by atoms with Gasteiger partial charge in [0.15, 0.2) is 0 Å². The van der Waals surface area contributed by atoms with E-state index in [1.54, 1.807) is 30.3 Å². The van der Waals surface area contributed by atoms with Crippen LogP contribution in [0.25, 0.3) is 11.1 Å². The molecule has 5 nitrogen and oxygen atoms in total. The molecule has 1 amide bonds. The molecule has 35 heavy (non-hydrogen) atoms. The highest BCUT2D eigenvalue weighted by Crippen LogP contribution is 2.35. The Balaban J connectivity index is 1.67. The van der Waals surface area contributed by atoms with Crippen LogP contribution < -0.4 is 10.1 Å². The molecule has 0 aliphatic rings. The first-order valence-electron chi connectivity index (χ1n) is 11.0. The van der Waals surface area contributed by atoms with E-state index in [2.05, 4.69) is 10.1 Å². The van der Waals surface area contributed by atoms with Gasteiger partial charge in [0, 0.05) is 11.4 Å². The molecule has 1 atom stereocenters. The first-order chi connectivity index (χ1) is 16.6. The van der Waals surface area contributed by atoms with E-state index in [1.807, 2.05) is 19.9 Å². The minimum absolute atomic E-state index is 0.0979. The van der Waals surface area contributed by atoms with Crippen LogP contribution >= 0.6 is 11.3 Å². The van der Waals surface area contributed by atoms with E-state index in [0.29, 0.717) is 16.2 Å². The number of halogens is 3. The molecule has 0 radical (unpaired) electrons. The van der Waals surface area contributed by atoms with Crippen molar-refractivity contribution in [1.82, 2.24) is 5.32 Å². The summed E-state index contributed by atoms with van der Waals surface area (Å²) in [7, 11) is 1.30. The van der Waals surface area contributed by atoms with Gasteiger partial charge in [0.25, 0.3) is 5.91 Å². The van der Waals surface area contributed by atoms with Crippen LogP contribution in [0, 0.1) is 5.92 Å². The van der Waals surface area contributed by atoms with Crippen LogP contribution in [0.4, 0.5) is 13.2 Å². The van der Waals surface area contributed by atoms with Gasteiger partial charge < -0.3 is 14.8 Å². The number of thiophene rings is 1. The third-order valence-corrected chi connectivity index (χ3v) is 6.39. The van der Waals surface area contributed by atoms with E-state index in [4.69, 9.17) is 4.74 Å². The zero-order chi connectivity index (χ0) is 25.6. The third-order valence-electron chi connectivity index (χ3n) is 5.24. The van der Waals surface area contributed by atoms with E-state index in [-0.39, 0.29) is 30.9 Å². The molecule has 0 saturated heterocycles. The van der Waals surface area contributed by atoms with Crippen molar-refractivity contribution < 1.29 is 32.2 Å². The van der Waals surface area contributed by atoms with Gasteiger partial charge in [-0.05, 0) is 53.4 Å². The molecule has 9 heteroatoms. The van der Waals surface area contributed by atoms with Gasteiger partial charge in [-0.1, -0.05) is 38.1 Å². The Hall–Kier alpha value is -3.33. The van der Waals surface area contributed by atoms with Crippen LogP contribution in [0.15, 0.2) is 60.7 Å². The summed E-state index contributed by atoms with van der Waals surface area (Å²) in [5.41, 5.74) is 0.758. The molecule has 2 aromatic carbocycles. The molecule has 1 N–H and O–H groups in total. The number of amides is 1. The molecular formula is C26H26F3NO4S. The summed E-state index contributed by atoms with van der Waals surface area (Å²) in [6.45, 7) is 4.21. The maximum atomic E-state index is 12.8. The molecule has 0 fully saturated rings. The molecule has 1 unspecified atom stereocenters. The molecule has 1 aromatic heterocycles. The fourth-order valence-electron chi connectivity index (χ4n) is 3.34. The maximum absolute atomic E-state index is 12.8. The van der Waals surface area contributed by atoms with Crippen molar-refractivity contribution >= 4 is 23.2 Å². The van der Waals surface area contributed by atoms with Crippen molar-refractivity contribution in [2.24, 2.45) is 5.92 Å². The second-order valence-electron chi connectivity index (χ2n) is 8.17. The fourth-order valence-corrected chi connectivity index (χ4v) is 4.47. The lowest BCUT2D eigenvalue weighted by Crippen LogP contribution is -2.25. The predicted molar refractivity (Wildman–Crippen MR) is 128 cm³/mol. The highest BCUT2D eigenvalue weighted by Gasteiger charge is 2.30. The second-order valence-corrected chi connectivity index (χ2v) is 9.28. The molecule has 0 aliphatic heterocycles. The number of hydrogen-bond acceptors (Lipinski definition) is 5. The number of ether oxygens (including phenoxy) is 2. The Morgan fingerprint density at radius 1 is 0.943 bits per heavy atom. The number of carbonyl (C=O) groups excluding carboxylic acids is 2. The lowest BCUT2D eigenvalue weighted by atomic mass is 10.0. The van der Waals surface area contributed by atoms with Crippen LogP contribution in [0.3, 0.4) is 0 Å². The van der Waals surface area contributed by atoms with Crippen LogP contribution in [0.2, 0.25) is 0 Å². The number of nitrogens with one attached hydrogen (secondary N) is 1. The van der Waals surface area contributed by atoms with Gasteiger partial charge in [-0.15, -0.1) is 11.3 Å². The van der Waals surface area contributed by atoms with Gasteiger partial charge in [0.1, 0.15) is 11.9 Å². The first kappa shape index (κ1) is 26.3. The van der Waals surface area contributed by atoms with Gasteiger partial charge >= 0.3 is 12.1 Å². The normalized spacial score (nSPS) is 12.3. The molecule has 1 heterocycles. The second kappa shape index (κ2) is 11.4. The monoisotopic (exact) mass is 505 g/mol. The number of carbonyl (C=O) groups is 2. The van der Waals surface area contributed by atoms with Crippen LogP contribution in [-0.4, -0.2) is 25.5 Å². The molecule has 0 saturated carbocycles. The maximum Gasteiger partial charge on any atom is 0.416 e. The average molecular weight is 506 g/mol. The summed E-state index contributed by atoms with van der Waals surface area (Å²) in [4.78, 5) is 25.0. The van der Waals surface area contributed by atoms with Crippen molar-refractivity contribution in [3.63, 3.8) is 0 Å². The van der Waals surface area contributed by atoms with Gasteiger partial charge in [0.2, 0.25) is 0 Å². The van der Waals surface area contributed by atoms with Gasteiger partial charge in [-0.25, -0.2) is 0 Å². The van der Waals surface area contributed by atoms with Crippen LogP contribution in [0.5, 0.6) is 5.75 Å². The molecule has 3 aromatic rings. The number of rotatable bonds is 9. The lowest BCUT2D eigenvalue weighted by molar-refractivity contribution is -0.140. The molecule has 0 aliphatic carbocycles. The highest BCUT2D eigenvalue weighted by atomic mass is 32.1. The van der Waals surface area contributed by atoms with Gasteiger partial charge in [-0.2, -0.15) is 13.2 Å². The van der Waals surface area contributed by atoms with E-state index in [1.165, 1.54) is 30.6 Å². The third kappa shape index (κ3) is 7.08. The summed E-state index contributed by atoms with van der Waals surface area (Å²) in [5, 5.41) is 2.70. The lowest BCUT2D eigenvalue weighted by Gasteiger charge is -2.21. The largest absolute Gasteiger partial charge is 0.485 e. The summed E-state index contributed by atoms with van der Waals surface area (Å²) in [5.74, 6) is 0.0543. The van der Waals surface area contributed by atoms with Crippen molar-refractivity contribution in [2.45, 2.75) is 32.5 Å². The molecule has 0 bridgehead atoms. The Morgan fingerprint density at radius 3 is 2.09 bits per heavy atom. The Morgan fingerprint density at radius 2 is 1.54 bits per heavy atom. The average Bonchev–Trinajstić information content (AvgIpc) is 3.32. The quantitative estimate of drug-likeness (QED) is 0.337. The van der Waals surface area contributed by atoms with E-state index in [9.17, 15) is 22.8 Å². The Kier molecular flexibility index (Phi) is 8.56. The van der Waals surface area contributed by atoms with Crippen molar-refractivity contribution in [2.75, 3.05) is 13.7 Å². The zero-order valence-electron chi connectivity index (χ0n) is 19.5. The number of methoxy groups -OCH3 is 1. The standard InChI is InChI=1S/C26H26F3NO4S/c1-16(2)24(21-12-13-22(35-21)25(32)30-15-14-23(31)33-3)34-20-10-6-18(7-11-20)17-4-8-19(9-5-17)26(27,28)29/h4-13,16,24H,14-15H2,1-3H3,(H,30,32). The van der Waals surface area contributed by atoms with Crippen molar-refractivity contribution in [3.8, 4) is 16.9 Å². The minimum Gasteiger partial charge on any atom is -0.485 e.